The normalized spacial score (nSPS) is 12.6. The van der Waals surface area contributed by atoms with E-state index in [0.717, 1.165) is 39.7 Å². The zero-order valence-electron chi connectivity index (χ0n) is 15.1. The first kappa shape index (κ1) is 17.9. The average Bonchev–Trinajstić information content (AvgIpc) is 3.14. The minimum absolute atomic E-state index is 0.0838. The van der Waals surface area contributed by atoms with Gasteiger partial charge in [0.25, 0.3) is 0 Å². The van der Waals surface area contributed by atoms with Crippen molar-refractivity contribution >= 4 is 33.6 Å². The number of nitrogens with zero attached hydrogens (tertiary/aromatic N) is 5. The van der Waals surface area contributed by atoms with Gasteiger partial charge in [-0.15, -0.1) is 22.7 Å². The van der Waals surface area contributed by atoms with Gasteiger partial charge in [0.2, 0.25) is 0 Å². The van der Waals surface area contributed by atoms with E-state index in [0.29, 0.717) is 0 Å². The molecule has 8 heteroatoms. The maximum Gasteiger partial charge on any atom is 0.188 e. The molecule has 0 amide bonds. The van der Waals surface area contributed by atoms with E-state index in [-0.39, 0.29) is 6.04 Å². The second-order valence-electron chi connectivity index (χ2n) is 6.10. The molecule has 0 aliphatic carbocycles. The summed E-state index contributed by atoms with van der Waals surface area (Å²) >= 11 is 3.29. The first-order chi connectivity index (χ1) is 11.9. The summed E-state index contributed by atoms with van der Waals surface area (Å²) in [5, 5.41) is 7.32. The zero-order chi connectivity index (χ0) is 18.0. The molecule has 3 heterocycles. The molecule has 0 spiro atoms. The number of hydrogen-bond donors (Lipinski definition) is 1. The highest BCUT2D eigenvalue weighted by Crippen LogP contribution is 2.24. The van der Waals surface area contributed by atoms with Crippen molar-refractivity contribution in [3.63, 3.8) is 0 Å². The zero-order valence-corrected chi connectivity index (χ0v) is 16.7. The van der Waals surface area contributed by atoms with Gasteiger partial charge in [-0.3, -0.25) is 4.90 Å². The molecule has 0 aromatic carbocycles. The summed E-state index contributed by atoms with van der Waals surface area (Å²) in [5.41, 5.74) is 2.02. The number of aromatic nitrogens is 4. The predicted molar refractivity (Wildman–Crippen MR) is 104 cm³/mol. The third kappa shape index (κ3) is 4.59. The van der Waals surface area contributed by atoms with Gasteiger partial charge in [0.15, 0.2) is 5.13 Å². The number of nitrogens with one attached hydrogen (secondary N) is 1. The van der Waals surface area contributed by atoms with Crippen LogP contribution in [0.4, 0.5) is 10.9 Å². The molecule has 1 N–H and O–H groups in total. The van der Waals surface area contributed by atoms with E-state index in [1.54, 1.807) is 22.7 Å². The lowest BCUT2D eigenvalue weighted by molar-refractivity contribution is 0.241. The fourth-order valence-corrected chi connectivity index (χ4v) is 3.71. The molecule has 0 radical (unpaired) electrons. The quantitative estimate of drug-likeness (QED) is 0.696. The lowest BCUT2D eigenvalue weighted by Gasteiger charge is -2.23. The van der Waals surface area contributed by atoms with E-state index in [2.05, 4.69) is 44.5 Å². The molecule has 0 saturated carbocycles. The van der Waals surface area contributed by atoms with Crippen molar-refractivity contribution in [2.75, 3.05) is 12.4 Å². The van der Waals surface area contributed by atoms with E-state index in [9.17, 15) is 0 Å². The summed E-state index contributed by atoms with van der Waals surface area (Å²) in [6, 6.07) is 2.02. The Labute approximate surface area is 156 Å². The van der Waals surface area contributed by atoms with Crippen molar-refractivity contribution in [1.82, 2.24) is 24.8 Å². The fourth-order valence-electron chi connectivity index (χ4n) is 2.43. The first-order valence-corrected chi connectivity index (χ1v) is 9.76. The molecule has 3 rings (SSSR count). The predicted octanol–water partition coefficient (Wildman–Crippen LogP) is 4.25. The average molecular weight is 375 g/mol. The van der Waals surface area contributed by atoms with Crippen LogP contribution in [0, 0.1) is 20.8 Å². The van der Waals surface area contributed by atoms with Gasteiger partial charge < -0.3 is 5.32 Å². The maximum atomic E-state index is 4.69. The van der Waals surface area contributed by atoms with E-state index in [1.165, 1.54) is 4.88 Å². The Balaban J connectivity index is 1.76. The monoisotopic (exact) mass is 374 g/mol. The number of thiazole rings is 2. The third-order valence-electron chi connectivity index (χ3n) is 3.84. The van der Waals surface area contributed by atoms with Crippen LogP contribution in [0.1, 0.15) is 40.1 Å². The van der Waals surface area contributed by atoms with Crippen molar-refractivity contribution in [3.05, 3.63) is 44.7 Å². The van der Waals surface area contributed by atoms with Gasteiger partial charge in [-0.2, -0.15) is 0 Å². The van der Waals surface area contributed by atoms with Gasteiger partial charge in [-0.05, 0) is 34.7 Å². The van der Waals surface area contributed by atoms with Crippen LogP contribution in [0.5, 0.6) is 0 Å². The third-order valence-corrected chi connectivity index (χ3v) is 5.49. The van der Waals surface area contributed by atoms with Crippen LogP contribution in [0.15, 0.2) is 17.6 Å². The van der Waals surface area contributed by atoms with Gasteiger partial charge in [-0.25, -0.2) is 19.9 Å². The highest BCUT2D eigenvalue weighted by molar-refractivity contribution is 7.15. The number of rotatable bonds is 6. The summed E-state index contributed by atoms with van der Waals surface area (Å²) in [6.07, 6.45) is 1.86. The van der Waals surface area contributed by atoms with E-state index < -0.39 is 0 Å². The minimum Gasteiger partial charge on any atom is -0.316 e. The Morgan fingerprint density at radius 1 is 1.20 bits per heavy atom. The van der Waals surface area contributed by atoms with Crippen LogP contribution >= 0.6 is 22.7 Å². The number of hydrogen-bond acceptors (Lipinski definition) is 8. The van der Waals surface area contributed by atoms with Crippen LogP contribution in [0.2, 0.25) is 0 Å². The van der Waals surface area contributed by atoms with Crippen molar-refractivity contribution in [2.24, 2.45) is 0 Å². The van der Waals surface area contributed by atoms with Crippen LogP contribution in [0.3, 0.4) is 0 Å². The number of aryl methyl sites for hydroxylation is 3. The molecule has 132 valence electrons. The van der Waals surface area contributed by atoms with E-state index in [1.807, 2.05) is 33.0 Å². The fraction of sp³-hybridized carbons (Fsp3) is 0.412. The summed E-state index contributed by atoms with van der Waals surface area (Å²) < 4.78 is 0. The van der Waals surface area contributed by atoms with Crippen molar-refractivity contribution in [2.45, 2.75) is 40.3 Å². The minimum atomic E-state index is 0.0838. The van der Waals surface area contributed by atoms with Crippen LogP contribution in [0.25, 0.3) is 0 Å². The lowest BCUT2D eigenvalue weighted by Crippen LogP contribution is -2.24. The lowest BCUT2D eigenvalue weighted by atomic mass is 10.2. The van der Waals surface area contributed by atoms with Crippen LogP contribution in [-0.2, 0) is 6.54 Å². The van der Waals surface area contributed by atoms with Crippen LogP contribution < -0.4 is 5.32 Å². The Bertz CT molecular complexity index is 856. The topological polar surface area (TPSA) is 66.8 Å². The Morgan fingerprint density at radius 3 is 2.64 bits per heavy atom. The molecule has 0 aliphatic heterocycles. The SMILES string of the molecule is Cc1cc(Nc2ncc(C)s2)nc([C@H](C)N(C)Cc2csc(C)n2)n1. The van der Waals surface area contributed by atoms with E-state index >= 15 is 0 Å². The molecule has 25 heavy (non-hydrogen) atoms. The second kappa shape index (κ2) is 7.55. The van der Waals surface area contributed by atoms with Gasteiger partial charge in [0.1, 0.15) is 11.6 Å². The Morgan fingerprint density at radius 2 is 2.00 bits per heavy atom. The number of anilines is 2. The van der Waals surface area contributed by atoms with Crippen molar-refractivity contribution in [3.8, 4) is 0 Å². The van der Waals surface area contributed by atoms with E-state index in [4.69, 9.17) is 4.98 Å². The van der Waals surface area contributed by atoms with Gasteiger partial charge in [0.05, 0.1) is 16.7 Å². The molecule has 6 nitrogen and oxygen atoms in total. The maximum absolute atomic E-state index is 4.69. The molecule has 3 aromatic rings. The smallest absolute Gasteiger partial charge is 0.188 e. The molecule has 0 saturated heterocycles. The molecule has 0 fully saturated rings. The molecular weight excluding hydrogens is 352 g/mol. The van der Waals surface area contributed by atoms with Crippen molar-refractivity contribution < 1.29 is 0 Å². The molecule has 0 bridgehead atoms. The summed E-state index contributed by atoms with van der Waals surface area (Å²) in [5.74, 6) is 1.58. The van der Waals surface area contributed by atoms with Gasteiger partial charge >= 0.3 is 0 Å². The van der Waals surface area contributed by atoms with Crippen molar-refractivity contribution in [1.29, 1.82) is 0 Å². The highest BCUT2D eigenvalue weighted by Gasteiger charge is 2.17. The molecule has 0 aliphatic rings. The van der Waals surface area contributed by atoms with Crippen LogP contribution in [-0.4, -0.2) is 31.9 Å². The Hall–Kier alpha value is -1.90. The second-order valence-corrected chi connectivity index (χ2v) is 8.40. The largest absolute Gasteiger partial charge is 0.316 e. The Kier molecular flexibility index (Phi) is 5.41. The molecule has 3 aromatic heterocycles. The summed E-state index contributed by atoms with van der Waals surface area (Å²) in [7, 11) is 2.07. The first-order valence-electron chi connectivity index (χ1n) is 8.07. The summed E-state index contributed by atoms with van der Waals surface area (Å²) in [4.78, 5) is 21.6. The summed E-state index contributed by atoms with van der Waals surface area (Å²) in [6.45, 7) is 8.94. The molecule has 0 unspecified atom stereocenters. The van der Waals surface area contributed by atoms with Gasteiger partial charge in [0, 0.05) is 34.8 Å². The standard InChI is InChI=1S/C17H22N6S2/c1-10-6-15(22-17-18-7-11(2)25-17)21-16(19-10)12(3)23(5)8-14-9-24-13(4)20-14/h6-7,9,12H,8H2,1-5H3,(H,18,19,21,22)/t12-/m0/s1. The van der Waals surface area contributed by atoms with Gasteiger partial charge in [-0.1, -0.05) is 0 Å². The molecule has 1 atom stereocenters. The molecular formula is C17H22N6S2. The highest BCUT2D eigenvalue weighted by atomic mass is 32.1.